The van der Waals surface area contributed by atoms with Crippen LogP contribution in [-0.4, -0.2) is 12.0 Å². The fraction of sp³-hybridized carbons (Fsp3) is 0.0952. The van der Waals surface area contributed by atoms with Gasteiger partial charge in [0, 0.05) is 9.79 Å². The maximum atomic E-state index is 12.5. The van der Waals surface area contributed by atoms with Gasteiger partial charge in [0.15, 0.2) is 6.10 Å². The van der Waals surface area contributed by atoms with Crippen molar-refractivity contribution in [3.05, 3.63) is 84.9 Å². The molecular weight excluding hydrogens is 330 g/mol. The molecule has 0 saturated carbocycles. The van der Waals surface area contributed by atoms with Gasteiger partial charge in [-0.15, -0.1) is 0 Å². The SMILES string of the molecule is C[C@H](Oc1ccccc1)C(=O)Nc1ccccc1Sc1ccccc1. The number of nitrogens with one attached hydrogen (secondary N) is 1. The number of carbonyl (C=O) groups is 1. The van der Waals surface area contributed by atoms with Crippen molar-refractivity contribution in [2.75, 3.05) is 5.32 Å². The van der Waals surface area contributed by atoms with Crippen LogP contribution >= 0.6 is 11.8 Å². The maximum Gasteiger partial charge on any atom is 0.265 e. The molecule has 0 aliphatic rings. The lowest BCUT2D eigenvalue weighted by Gasteiger charge is -2.16. The van der Waals surface area contributed by atoms with E-state index in [4.69, 9.17) is 4.74 Å². The van der Waals surface area contributed by atoms with E-state index in [9.17, 15) is 4.79 Å². The summed E-state index contributed by atoms with van der Waals surface area (Å²) in [6.07, 6.45) is -0.586. The van der Waals surface area contributed by atoms with Crippen LogP contribution in [0.4, 0.5) is 5.69 Å². The zero-order chi connectivity index (χ0) is 17.5. The van der Waals surface area contributed by atoms with Crippen LogP contribution in [-0.2, 0) is 4.79 Å². The van der Waals surface area contributed by atoms with Gasteiger partial charge in [-0.1, -0.05) is 60.3 Å². The quantitative estimate of drug-likeness (QED) is 0.661. The fourth-order valence-electron chi connectivity index (χ4n) is 2.27. The molecule has 25 heavy (non-hydrogen) atoms. The molecule has 1 N–H and O–H groups in total. The lowest BCUT2D eigenvalue weighted by molar-refractivity contribution is -0.122. The number of rotatable bonds is 6. The second-order valence-electron chi connectivity index (χ2n) is 5.47. The molecule has 0 aliphatic carbocycles. The van der Waals surface area contributed by atoms with Gasteiger partial charge in [0.2, 0.25) is 0 Å². The van der Waals surface area contributed by atoms with Crippen molar-refractivity contribution in [1.29, 1.82) is 0 Å². The molecule has 0 saturated heterocycles. The van der Waals surface area contributed by atoms with Gasteiger partial charge in [0.1, 0.15) is 5.75 Å². The average Bonchev–Trinajstić information content (AvgIpc) is 2.65. The Kier molecular flexibility index (Phi) is 5.75. The molecule has 0 spiro atoms. The topological polar surface area (TPSA) is 38.3 Å². The molecule has 0 fully saturated rings. The van der Waals surface area contributed by atoms with Crippen molar-refractivity contribution in [3.63, 3.8) is 0 Å². The van der Waals surface area contributed by atoms with Gasteiger partial charge < -0.3 is 10.1 Å². The predicted octanol–water partition coefficient (Wildman–Crippen LogP) is 5.24. The van der Waals surface area contributed by atoms with Crippen LogP contribution in [0.1, 0.15) is 6.92 Å². The average molecular weight is 349 g/mol. The van der Waals surface area contributed by atoms with E-state index < -0.39 is 6.10 Å². The molecule has 3 aromatic rings. The first-order chi connectivity index (χ1) is 12.2. The summed E-state index contributed by atoms with van der Waals surface area (Å²) in [4.78, 5) is 14.6. The smallest absolute Gasteiger partial charge is 0.265 e. The molecule has 4 heteroatoms. The Morgan fingerprint density at radius 2 is 1.48 bits per heavy atom. The van der Waals surface area contributed by atoms with Crippen molar-refractivity contribution >= 4 is 23.4 Å². The number of ether oxygens (including phenoxy) is 1. The molecule has 0 heterocycles. The number of hydrogen-bond acceptors (Lipinski definition) is 3. The summed E-state index contributed by atoms with van der Waals surface area (Å²) in [5.41, 5.74) is 0.782. The van der Waals surface area contributed by atoms with Crippen molar-refractivity contribution in [3.8, 4) is 5.75 Å². The number of amides is 1. The number of hydrogen-bond donors (Lipinski definition) is 1. The van der Waals surface area contributed by atoms with Crippen molar-refractivity contribution in [1.82, 2.24) is 0 Å². The Hall–Kier alpha value is -2.72. The third-order valence-corrected chi connectivity index (χ3v) is 4.63. The molecule has 3 aromatic carbocycles. The Balaban J connectivity index is 1.69. The fourth-order valence-corrected chi connectivity index (χ4v) is 3.19. The van der Waals surface area contributed by atoms with E-state index in [1.165, 1.54) is 0 Å². The first-order valence-corrected chi connectivity index (χ1v) is 8.88. The second kappa shape index (κ2) is 8.40. The molecule has 0 radical (unpaired) electrons. The molecule has 3 nitrogen and oxygen atoms in total. The predicted molar refractivity (Wildman–Crippen MR) is 102 cm³/mol. The zero-order valence-electron chi connectivity index (χ0n) is 13.9. The minimum atomic E-state index is -0.586. The lowest BCUT2D eigenvalue weighted by atomic mass is 10.3. The van der Waals surface area contributed by atoms with Crippen LogP contribution in [0.5, 0.6) is 5.75 Å². The number of carbonyl (C=O) groups excluding carboxylic acids is 1. The molecule has 126 valence electrons. The van der Waals surface area contributed by atoms with Crippen LogP contribution in [0.25, 0.3) is 0 Å². The zero-order valence-corrected chi connectivity index (χ0v) is 14.7. The normalized spacial score (nSPS) is 11.6. The standard InChI is InChI=1S/C21H19NO2S/c1-16(24-17-10-4-2-5-11-17)21(23)22-19-14-8-9-15-20(19)25-18-12-6-3-7-13-18/h2-16H,1H3,(H,22,23)/t16-/m0/s1. The van der Waals surface area contributed by atoms with Crippen molar-refractivity contribution in [2.24, 2.45) is 0 Å². The van der Waals surface area contributed by atoms with E-state index in [1.54, 1.807) is 18.7 Å². The van der Waals surface area contributed by atoms with Crippen LogP contribution in [0.15, 0.2) is 94.7 Å². The highest BCUT2D eigenvalue weighted by atomic mass is 32.2. The van der Waals surface area contributed by atoms with E-state index in [0.29, 0.717) is 5.75 Å². The summed E-state index contributed by atoms with van der Waals surface area (Å²) in [7, 11) is 0. The number of benzene rings is 3. The van der Waals surface area contributed by atoms with Gasteiger partial charge in [0.05, 0.1) is 5.69 Å². The number of anilines is 1. The van der Waals surface area contributed by atoms with E-state index >= 15 is 0 Å². The monoisotopic (exact) mass is 349 g/mol. The van der Waals surface area contributed by atoms with Gasteiger partial charge in [-0.3, -0.25) is 4.79 Å². The Bertz CT molecular complexity index is 822. The lowest BCUT2D eigenvalue weighted by Crippen LogP contribution is -2.30. The van der Waals surface area contributed by atoms with Crippen LogP contribution in [0.2, 0.25) is 0 Å². The number of para-hydroxylation sites is 2. The van der Waals surface area contributed by atoms with Gasteiger partial charge in [-0.05, 0) is 43.3 Å². The maximum absolute atomic E-state index is 12.5. The van der Waals surface area contributed by atoms with E-state index in [0.717, 1.165) is 15.5 Å². The van der Waals surface area contributed by atoms with E-state index in [-0.39, 0.29) is 5.91 Å². The highest BCUT2D eigenvalue weighted by molar-refractivity contribution is 7.99. The minimum absolute atomic E-state index is 0.176. The highest BCUT2D eigenvalue weighted by Gasteiger charge is 2.16. The van der Waals surface area contributed by atoms with Gasteiger partial charge >= 0.3 is 0 Å². The molecule has 1 atom stereocenters. The van der Waals surface area contributed by atoms with Crippen LogP contribution in [0.3, 0.4) is 0 Å². The summed E-state index contributed by atoms with van der Waals surface area (Å²) in [6.45, 7) is 1.75. The highest BCUT2D eigenvalue weighted by Crippen LogP contribution is 2.33. The molecular formula is C21H19NO2S. The summed E-state index contributed by atoms with van der Waals surface area (Å²) in [5, 5.41) is 2.97. The summed E-state index contributed by atoms with van der Waals surface area (Å²) >= 11 is 1.62. The van der Waals surface area contributed by atoms with Crippen molar-refractivity contribution in [2.45, 2.75) is 22.8 Å². The summed E-state index contributed by atoms with van der Waals surface area (Å²) < 4.78 is 5.69. The van der Waals surface area contributed by atoms with Gasteiger partial charge in [0.25, 0.3) is 5.91 Å². The van der Waals surface area contributed by atoms with Crippen molar-refractivity contribution < 1.29 is 9.53 Å². The Morgan fingerprint density at radius 3 is 2.20 bits per heavy atom. The molecule has 3 rings (SSSR count). The molecule has 0 aromatic heterocycles. The summed E-state index contributed by atoms with van der Waals surface area (Å²) in [6, 6.07) is 27.2. The molecule has 0 aliphatic heterocycles. The summed E-state index contributed by atoms with van der Waals surface area (Å²) in [5.74, 6) is 0.502. The molecule has 1 amide bonds. The molecule has 0 bridgehead atoms. The Morgan fingerprint density at radius 1 is 0.880 bits per heavy atom. The first-order valence-electron chi connectivity index (χ1n) is 8.07. The third kappa shape index (κ3) is 4.88. The largest absolute Gasteiger partial charge is 0.481 e. The minimum Gasteiger partial charge on any atom is -0.481 e. The Labute approximate surface area is 152 Å². The van der Waals surface area contributed by atoms with Gasteiger partial charge in [-0.25, -0.2) is 0 Å². The second-order valence-corrected chi connectivity index (χ2v) is 6.59. The van der Waals surface area contributed by atoms with Crippen LogP contribution < -0.4 is 10.1 Å². The first kappa shape index (κ1) is 17.1. The third-order valence-electron chi connectivity index (χ3n) is 3.54. The van der Waals surface area contributed by atoms with E-state index in [2.05, 4.69) is 5.32 Å². The van der Waals surface area contributed by atoms with Gasteiger partial charge in [-0.2, -0.15) is 0 Å². The van der Waals surface area contributed by atoms with Crippen LogP contribution in [0, 0.1) is 0 Å². The molecule has 0 unspecified atom stereocenters. The van der Waals surface area contributed by atoms with E-state index in [1.807, 2.05) is 84.9 Å².